The summed E-state index contributed by atoms with van der Waals surface area (Å²) in [4.78, 5) is 11.7. The number of carbonyl (C=O) groups is 1. The van der Waals surface area contributed by atoms with Crippen LogP contribution in [0.4, 0.5) is 5.69 Å². The van der Waals surface area contributed by atoms with Crippen molar-refractivity contribution in [1.29, 1.82) is 0 Å². The molecule has 4 heteroatoms. The van der Waals surface area contributed by atoms with E-state index >= 15 is 0 Å². The van der Waals surface area contributed by atoms with Crippen molar-refractivity contribution < 1.29 is 4.79 Å². The summed E-state index contributed by atoms with van der Waals surface area (Å²) in [5.74, 6) is -0.101. The van der Waals surface area contributed by atoms with Gasteiger partial charge in [-0.1, -0.05) is 25.8 Å². The molecule has 0 bridgehead atoms. The molecule has 1 atom stereocenters. The Hall–Kier alpha value is -0.620. The topological polar surface area (TPSA) is 55.1 Å². The van der Waals surface area contributed by atoms with E-state index in [1.54, 1.807) is 0 Å². The number of unbranched alkanes of at least 4 members (excludes halogenated alkanes) is 1. The second-order valence-electron chi connectivity index (χ2n) is 3.75. The Bertz CT molecular complexity index is 355. The number of benzene rings is 1. The molecule has 1 aromatic carbocycles. The van der Waals surface area contributed by atoms with Gasteiger partial charge in [0.25, 0.3) is 0 Å². The first-order chi connectivity index (χ1) is 7.63. The van der Waals surface area contributed by atoms with Gasteiger partial charge in [0.2, 0.25) is 5.91 Å². The number of carbonyl (C=O) groups excluding carboxylic acids is 1. The Morgan fingerprint density at radius 3 is 2.94 bits per heavy atom. The van der Waals surface area contributed by atoms with Crippen LogP contribution in [0.3, 0.4) is 0 Å². The minimum atomic E-state index is -0.405. The number of halogens is 1. The summed E-state index contributed by atoms with van der Waals surface area (Å²) in [7, 11) is 0. The largest absolute Gasteiger partial charge is 0.325 e. The first-order valence-corrected chi connectivity index (χ1v) is 6.53. The van der Waals surface area contributed by atoms with Crippen molar-refractivity contribution in [3.05, 3.63) is 27.8 Å². The van der Waals surface area contributed by atoms with Crippen LogP contribution in [0.5, 0.6) is 0 Å². The molecule has 0 aromatic heterocycles. The van der Waals surface area contributed by atoms with Crippen molar-refractivity contribution in [3.8, 4) is 0 Å². The van der Waals surface area contributed by atoms with Crippen LogP contribution in [0, 0.1) is 3.57 Å². The third kappa shape index (κ3) is 4.49. The molecule has 0 aliphatic heterocycles. The van der Waals surface area contributed by atoms with Gasteiger partial charge >= 0.3 is 0 Å². The summed E-state index contributed by atoms with van der Waals surface area (Å²) in [5.41, 5.74) is 6.58. The molecule has 0 saturated heterocycles. The Balaban J connectivity index is 2.50. The number of rotatable bonds is 5. The molecule has 0 saturated carbocycles. The Kier molecular flexibility index (Phi) is 5.76. The van der Waals surface area contributed by atoms with Crippen LogP contribution < -0.4 is 11.1 Å². The molecular weight excluding hydrogens is 315 g/mol. The molecule has 1 aromatic rings. The molecule has 88 valence electrons. The van der Waals surface area contributed by atoms with Gasteiger partial charge in [0, 0.05) is 9.26 Å². The molecule has 0 spiro atoms. The fraction of sp³-hybridized carbons (Fsp3) is 0.417. The summed E-state index contributed by atoms with van der Waals surface area (Å²) < 4.78 is 1.09. The van der Waals surface area contributed by atoms with Crippen molar-refractivity contribution in [2.75, 3.05) is 5.32 Å². The number of hydrogen-bond acceptors (Lipinski definition) is 2. The van der Waals surface area contributed by atoms with Gasteiger partial charge < -0.3 is 11.1 Å². The second kappa shape index (κ2) is 6.85. The van der Waals surface area contributed by atoms with Crippen molar-refractivity contribution in [1.82, 2.24) is 0 Å². The number of nitrogens with two attached hydrogens (primary N) is 1. The van der Waals surface area contributed by atoms with Crippen molar-refractivity contribution in [2.24, 2.45) is 5.73 Å². The third-order valence-corrected chi connectivity index (χ3v) is 2.97. The second-order valence-corrected chi connectivity index (χ2v) is 4.99. The molecule has 16 heavy (non-hydrogen) atoms. The molecular formula is C12H17IN2O. The Morgan fingerprint density at radius 2 is 2.31 bits per heavy atom. The fourth-order valence-corrected chi connectivity index (χ4v) is 1.90. The highest BCUT2D eigenvalue weighted by atomic mass is 127. The maximum absolute atomic E-state index is 11.7. The lowest BCUT2D eigenvalue weighted by molar-refractivity contribution is -0.117. The predicted molar refractivity (Wildman–Crippen MR) is 75.3 cm³/mol. The molecule has 0 radical (unpaired) electrons. The van der Waals surface area contributed by atoms with Crippen LogP contribution in [-0.2, 0) is 4.79 Å². The number of nitrogens with one attached hydrogen (secondary N) is 1. The van der Waals surface area contributed by atoms with E-state index in [0.717, 1.165) is 28.5 Å². The highest BCUT2D eigenvalue weighted by Gasteiger charge is 2.12. The summed E-state index contributed by atoms with van der Waals surface area (Å²) in [6, 6.07) is 7.28. The maximum Gasteiger partial charge on any atom is 0.241 e. The molecule has 1 unspecified atom stereocenters. The molecule has 3 N–H and O–H groups in total. The van der Waals surface area contributed by atoms with Gasteiger partial charge in [-0.2, -0.15) is 0 Å². The van der Waals surface area contributed by atoms with Gasteiger partial charge in [0.05, 0.1) is 6.04 Å². The quantitative estimate of drug-likeness (QED) is 0.815. The van der Waals surface area contributed by atoms with Gasteiger partial charge in [-0.05, 0) is 47.2 Å². The maximum atomic E-state index is 11.7. The molecule has 0 fully saturated rings. The van der Waals surface area contributed by atoms with Gasteiger partial charge in [-0.3, -0.25) is 4.79 Å². The average molecular weight is 332 g/mol. The van der Waals surface area contributed by atoms with Gasteiger partial charge in [0.15, 0.2) is 0 Å². The highest BCUT2D eigenvalue weighted by Crippen LogP contribution is 2.12. The smallest absolute Gasteiger partial charge is 0.241 e. The lowest BCUT2D eigenvalue weighted by atomic mass is 10.1. The predicted octanol–water partition coefficient (Wildman–Crippen LogP) is 2.75. The minimum absolute atomic E-state index is 0.101. The van der Waals surface area contributed by atoms with E-state index in [9.17, 15) is 4.79 Å². The summed E-state index contributed by atoms with van der Waals surface area (Å²) in [6.45, 7) is 2.09. The molecule has 3 nitrogen and oxygen atoms in total. The van der Waals surface area contributed by atoms with Crippen LogP contribution in [0.25, 0.3) is 0 Å². The summed E-state index contributed by atoms with van der Waals surface area (Å²) in [5, 5.41) is 2.82. The van der Waals surface area contributed by atoms with Crippen molar-refractivity contribution in [3.63, 3.8) is 0 Å². The van der Waals surface area contributed by atoms with Gasteiger partial charge in [-0.25, -0.2) is 0 Å². The minimum Gasteiger partial charge on any atom is -0.325 e. The van der Waals surface area contributed by atoms with Crippen molar-refractivity contribution in [2.45, 2.75) is 32.2 Å². The molecule has 0 aliphatic rings. The summed E-state index contributed by atoms with van der Waals surface area (Å²) >= 11 is 2.21. The number of hydrogen-bond donors (Lipinski definition) is 2. The zero-order valence-corrected chi connectivity index (χ0v) is 11.5. The lowest BCUT2D eigenvalue weighted by Gasteiger charge is -2.11. The molecule has 0 aliphatic carbocycles. The van der Waals surface area contributed by atoms with Gasteiger partial charge in [-0.15, -0.1) is 0 Å². The number of anilines is 1. The summed E-state index contributed by atoms with van der Waals surface area (Å²) in [6.07, 6.45) is 2.79. The average Bonchev–Trinajstić information content (AvgIpc) is 2.25. The SMILES string of the molecule is CCCCC(N)C(=O)Nc1cccc(I)c1. The van der Waals surface area contributed by atoms with Crippen LogP contribution in [0.1, 0.15) is 26.2 Å². The van der Waals surface area contributed by atoms with E-state index in [-0.39, 0.29) is 5.91 Å². The molecule has 1 rings (SSSR count). The molecule has 0 heterocycles. The Morgan fingerprint density at radius 1 is 1.56 bits per heavy atom. The fourth-order valence-electron chi connectivity index (χ4n) is 1.36. The Labute approximate surface area is 110 Å². The zero-order valence-electron chi connectivity index (χ0n) is 9.37. The first-order valence-electron chi connectivity index (χ1n) is 5.45. The first kappa shape index (κ1) is 13.4. The van der Waals surface area contributed by atoms with Crippen LogP contribution in [0.2, 0.25) is 0 Å². The van der Waals surface area contributed by atoms with E-state index in [2.05, 4.69) is 34.8 Å². The van der Waals surface area contributed by atoms with Gasteiger partial charge in [0.1, 0.15) is 0 Å². The highest BCUT2D eigenvalue weighted by molar-refractivity contribution is 14.1. The normalized spacial score (nSPS) is 12.2. The molecule has 1 amide bonds. The van der Waals surface area contributed by atoms with Crippen LogP contribution >= 0.6 is 22.6 Å². The van der Waals surface area contributed by atoms with E-state index in [0.29, 0.717) is 0 Å². The van der Waals surface area contributed by atoms with E-state index in [1.807, 2.05) is 24.3 Å². The van der Waals surface area contributed by atoms with Crippen LogP contribution in [0.15, 0.2) is 24.3 Å². The van der Waals surface area contributed by atoms with E-state index < -0.39 is 6.04 Å². The lowest BCUT2D eigenvalue weighted by Crippen LogP contribution is -2.35. The zero-order chi connectivity index (χ0) is 12.0. The standard InChI is InChI=1S/C12H17IN2O/c1-2-3-7-11(14)12(16)15-10-6-4-5-9(13)8-10/h4-6,8,11H,2-3,7,14H2,1H3,(H,15,16). The van der Waals surface area contributed by atoms with E-state index in [4.69, 9.17) is 5.73 Å². The third-order valence-electron chi connectivity index (χ3n) is 2.30. The number of amides is 1. The van der Waals surface area contributed by atoms with E-state index in [1.165, 1.54) is 0 Å². The van der Waals surface area contributed by atoms with Crippen LogP contribution in [-0.4, -0.2) is 11.9 Å². The van der Waals surface area contributed by atoms with Crippen molar-refractivity contribution >= 4 is 34.2 Å². The monoisotopic (exact) mass is 332 g/mol.